The highest BCUT2D eigenvalue weighted by atomic mass is 32.2. The van der Waals surface area contributed by atoms with Gasteiger partial charge in [0.05, 0.1) is 16.9 Å². The van der Waals surface area contributed by atoms with Crippen LogP contribution in [0.3, 0.4) is 0 Å². The predicted molar refractivity (Wildman–Crippen MR) is 125 cm³/mol. The fraction of sp³-hybridized carbons (Fsp3) is 0.217. The number of thiazole rings is 1. The Balaban J connectivity index is 1.38. The van der Waals surface area contributed by atoms with Gasteiger partial charge in [0.2, 0.25) is 5.91 Å². The molecule has 0 aliphatic heterocycles. The number of amides is 1. The second kappa shape index (κ2) is 9.03. The van der Waals surface area contributed by atoms with Crippen molar-refractivity contribution in [3.05, 3.63) is 71.2 Å². The summed E-state index contributed by atoms with van der Waals surface area (Å²) in [5.41, 5.74) is 1.34. The molecule has 10 heteroatoms. The van der Waals surface area contributed by atoms with Crippen LogP contribution < -0.4 is 4.90 Å². The first-order chi connectivity index (χ1) is 16.0. The molecule has 0 spiro atoms. The zero-order chi connectivity index (χ0) is 22.9. The van der Waals surface area contributed by atoms with Crippen molar-refractivity contribution in [1.29, 1.82) is 0 Å². The summed E-state index contributed by atoms with van der Waals surface area (Å²) in [6.45, 7) is 1.38. The summed E-state index contributed by atoms with van der Waals surface area (Å²) in [4.78, 5) is 18.1. The van der Waals surface area contributed by atoms with Crippen LogP contribution in [0.1, 0.15) is 31.5 Å². The van der Waals surface area contributed by atoms with Gasteiger partial charge in [-0.1, -0.05) is 36.0 Å². The lowest BCUT2D eigenvalue weighted by atomic mass is 10.2. The Hall–Kier alpha value is -3.11. The lowest BCUT2D eigenvalue weighted by molar-refractivity contribution is -0.115. The van der Waals surface area contributed by atoms with Gasteiger partial charge in [-0.05, 0) is 37.1 Å². The highest BCUT2D eigenvalue weighted by Gasteiger charge is 2.31. The predicted octanol–water partition coefficient (Wildman–Crippen LogP) is 5.99. The molecule has 0 unspecified atom stereocenters. The summed E-state index contributed by atoms with van der Waals surface area (Å²) in [7, 11) is 0. The summed E-state index contributed by atoms with van der Waals surface area (Å²) >= 11 is 2.73. The second-order valence-corrected chi connectivity index (χ2v) is 9.38. The molecule has 0 bridgehead atoms. The highest BCUT2D eigenvalue weighted by molar-refractivity contribution is 7.98. The molecule has 33 heavy (non-hydrogen) atoms. The molecule has 5 rings (SSSR count). The SMILES string of the molecule is CC(=O)N(c1nc(CSc2nnc(-c3ccccc3F)n2C2CC2)cs1)c1ccccc1F. The number of rotatable bonds is 7. The minimum atomic E-state index is -0.489. The van der Waals surface area contributed by atoms with E-state index in [0.717, 1.165) is 18.5 Å². The number of para-hydroxylation sites is 1. The van der Waals surface area contributed by atoms with Crippen molar-refractivity contribution in [2.45, 2.75) is 36.7 Å². The third-order valence-corrected chi connectivity index (χ3v) is 7.03. The van der Waals surface area contributed by atoms with Crippen molar-refractivity contribution >= 4 is 39.8 Å². The van der Waals surface area contributed by atoms with Crippen molar-refractivity contribution in [2.75, 3.05) is 4.90 Å². The van der Waals surface area contributed by atoms with Crippen LogP contribution >= 0.6 is 23.1 Å². The first kappa shape index (κ1) is 21.7. The van der Waals surface area contributed by atoms with Crippen LogP contribution in [0.25, 0.3) is 11.4 Å². The van der Waals surface area contributed by atoms with Gasteiger partial charge in [-0.25, -0.2) is 13.8 Å². The number of carbonyl (C=O) groups excluding carboxylic acids is 1. The molecule has 0 atom stereocenters. The number of halogens is 2. The fourth-order valence-electron chi connectivity index (χ4n) is 3.51. The number of thioether (sulfide) groups is 1. The van der Waals surface area contributed by atoms with E-state index >= 15 is 0 Å². The van der Waals surface area contributed by atoms with E-state index in [-0.39, 0.29) is 23.5 Å². The summed E-state index contributed by atoms with van der Waals surface area (Å²) in [6.07, 6.45) is 2.01. The molecule has 2 aromatic heterocycles. The maximum Gasteiger partial charge on any atom is 0.230 e. The Morgan fingerprint density at radius 3 is 2.55 bits per heavy atom. The summed E-state index contributed by atoms with van der Waals surface area (Å²) in [6, 6.07) is 12.9. The quantitative estimate of drug-likeness (QED) is 0.302. The van der Waals surface area contributed by atoms with E-state index in [2.05, 4.69) is 15.2 Å². The van der Waals surface area contributed by atoms with Gasteiger partial charge >= 0.3 is 0 Å². The first-order valence-corrected chi connectivity index (χ1v) is 12.2. The van der Waals surface area contributed by atoms with Gasteiger partial charge in [-0.3, -0.25) is 14.3 Å². The number of hydrogen-bond donors (Lipinski definition) is 0. The largest absolute Gasteiger partial charge is 0.299 e. The lowest BCUT2D eigenvalue weighted by Crippen LogP contribution is -2.23. The van der Waals surface area contributed by atoms with Crippen LogP contribution in [0.2, 0.25) is 0 Å². The number of benzene rings is 2. The fourth-order valence-corrected chi connectivity index (χ4v) is 5.39. The number of anilines is 2. The lowest BCUT2D eigenvalue weighted by Gasteiger charge is -2.18. The highest BCUT2D eigenvalue weighted by Crippen LogP contribution is 2.42. The third kappa shape index (κ3) is 4.40. The van der Waals surface area contributed by atoms with Crippen LogP contribution in [0, 0.1) is 11.6 Å². The van der Waals surface area contributed by atoms with Crippen LogP contribution in [0.5, 0.6) is 0 Å². The van der Waals surface area contributed by atoms with Crippen molar-refractivity contribution in [3.63, 3.8) is 0 Å². The van der Waals surface area contributed by atoms with Crippen molar-refractivity contribution < 1.29 is 13.6 Å². The Morgan fingerprint density at radius 1 is 1.12 bits per heavy atom. The van der Waals surface area contributed by atoms with E-state index < -0.39 is 5.82 Å². The van der Waals surface area contributed by atoms with Crippen LogP contribution in [0.4, 0.5) is 19.6 Å². The van der Waals surface area contributed by atoms with Crippen molar-refractivity contribution in [1.82, 2.24) is 19.7 Å². The summed E-state index contributed by atoms with van der Waals surface area (Å²) in [5, 5.41) is 11.5. The minimum Gasteiger partial charge on any atom is -0.299 e. The van der Waals surface area contributed by atoms with E-state index in [1.807, 2.05) is 9.95 Å². The summed E-state index contributed by atoms with van der Waals surface area (Å²) in [5.74, 6) is -0.125. The van der Waals surface area contributed by atoms with E-state index in [1.165, 1.54) is 47.1 Å². The molecule has 4 aromatic rings. The zero-order valence-electron chi connectivity index (χ0n) is 17.6. The monoisotopic (exact) mass is 483 g/mol. The van der Waals surface area contributed by atoms with Gasteiger partial charge in [-0.2, -0.15) is 0 Å². The smallest absolute Gasteiger partial charge is 0.230 e. The standard InChI is InChI=1S/C23H19F2N5OS2/c1-14(31)29(20-9-5-4-8-19(20)25)22-26-15(12-32-22)13-33-23-28-27-21(30(23)16-10-11-16)17-6-2-3-7-18(17)24/h2-9,12,16H,10-11,13H2,1H3. The average Bonchev–Trinajstić information content (AvgIpc) is 3.38. The van der Waals surface area contributed by atoms with E-state index in [0.29, 0.717) is 27.4 Å². The molecule has 0 radical (unpaired) electrons. The Labute approximate surface area is 197 Å². The van der Waals surface area contributed by atoms with Gasteiger partial charge in [0.25, 0.3) is 0 Å². The molecule has 168 valence electrons. The molecule has 2 aromatic carbocycles. The van der Waals surface area contributed by atoms with Crippen molar-refractivity contribution in [2.24, 2.45) is 0 Å². The normalized spacial score (nSPS) is 13.3. The van der Waals surface area contributed by atoms with E-state index in [4.69, 9.17) is 0 Å². The average molecular weight is 484 g/mol. The molecule has 1 aliphatic rings. The van der Waals surface area contributed by atoms with E-state index in [1.54, 1.807) is 36.4 Å². The number of carbonyl (C=O) groups is 1. The van der Waals surface area contributed by atoms with Gasteiger partial charge in [0.1, 0.15) is 11.6 Å². The Morgan fingerprint density at radius 2 is 1.85 bits per heavy atom. The molecule has 6 nitrogen and oxygen atoms in total. The van der Waals surface area contributed by atoms with Gasteiger partial charge in [0.15, 0.2) is 16.1 Å². The Kier molecular flexibility index (Phi) is 5.94. The molecule has 0 N–H and O–H groups in total. The second-order valence-electron chi connectivity index (χ2n) is 7.60. The molecular formula is C23H19F2N5OS2. The number of aromatic nitrogens is 4. The van der Waals surface area contributed by atoms with Gasteiger partial charge in [-0.15, -0.1) is 21.5 Å². The molecule has 0 saturated heterocycles. The molecule has 1 saturated carbocycles. The summed E-state index contributed by atoms with van der Waals surface area (Å²) < 4.78 is 30.6. The van der Waals surface area contributed by atoms with Crippen LogP contribution in [-0.4, -0.2) is 25.7 Å². The molecule has 1 fully saturated rings. The molecule has 2 heterocycles. The van der Waals surface area contributed by atoms with Crippen LogP contribution in [0.15, 0.2) is 59.1 Å². The van der Waals surface area contributed by atoms with Crippen molar-refractivity contribution in [3.8, 4) is 11.4 Å². The van der Waals surface area contributed by atoms with Gasteiger partial charge in [0, 0.05) is 24.1 Å². The van der Waals surface area contributed by atoms with E-state index in [9.17, 15) is 13.6 Å². The maximum atomic E-state index is 14.4. The molecule has 1 amide bonds. The Bertz CT molecular complexity index is 1320. The first-order valence-electron chi connectivity index (χ1n) is 10.3. The zero-order valence-corrected chi connectivity index (χ0v) is 19.2. The number of hydrogen-bond acceptors (Lipinski definition) is 6. The van der Waals surface area contributed by atoms with Gasteiger partial charge < -0.3 is 0 Å². The maximum absolute atomic E-state index is 14.4. The third-order valence-electron chi connectivity index (χ3n) is 5.18. The molecular weight excluding hydrogens is 464 g/mol. The minimum absolute atomic E-state index is 0.168. The van der Waals surface area contributed by atoms with Crippen LogP contribution in [-0.2, 0) is 10.5 Å². The topological polar surface area (TPSA) is 63.9 Å². The molecule has 1 aliphatic carbocycles. The number of nitrogens with zero attached hydrogens (tertiary/aromatic N) is 5.